The smallest absolute Gasteiger partial charge is 0.432 e. The van der Waals surface area contributed by atoms with Crippen LogP contribution in [0.3, 0.4) is 0 Å². The van der Waals surface area contributed by atoms with Crippen LogP contribution < -0.4 is 0 Å². The van der Waals surface area contributed by atoms with Crippen LogP contribution in [0.15, 0.2) is 11.6 Å². The fourth-order valence-corrected chi connectivity index (χ4v) is 9.13. The summed E-state index contributed by atoms with van der Waals surface area (Å²) in [5, 5.41) is 0. The number of rotatable bonds is 9. The van der Waals surface area contributed by atoms with Crippen LogP contribution in [-0.4, -0.2) is 32.6 Å². The molecule has 0 aromatic carbocycles. The van der Waals surface area contributed by atoms with Crippen molar-refractivity contribution in [3.63, 3.8) is 0 Å². The average Bonchev–Trinajstić information content (AvgIpc) is 3.16. The normalized spacial score (nSPS) is 39.3. The molecule has 0 N–H and O–H groups in total. The zero-order valence-corrected chi connectivity index (χ0v) is 23.4. The van der Waals surface area contributed by atoms with Crippen molar-refractivity contribution in [2.45, 2.75) is 111 Å². The van der Waals surface area contributed by atoms with Crippen molar-refractivity contribution in [3.8, 4) is 0 Å². The Labute approximate surface area is 214 Å². The van der Waals surface area contributed by atoms with Gasteiger partial charge in [0.2, 0.25) is 0 Å². The molecule has 4 nitrogen and oxygen atoms in total. The van der Waals surface area contributed by atoms with E-state index < -0.39 is 6.16 Å². The molecular weight excluding hydrogens is 436 g/mol. The van der Waals surface area contributed by atoms with Gasteiger partial charge in [0.15, 0.2) is 0 Å². The quantitative estimate of drug-likeness (QED) is 0.186. The molecule has 0 bridgehead atoms. The summed E-state index contributed by atoms with van der Waals surface area (Å²) >= 11 is 0. The van der Waals surface area contributed by atoms with Gasteiger partial charge in [-0.05, 0) is 91.3 Å². The highest BCUT2D eigenvalue weighted by molar-refractivity contribution is 5.60. The van der Waals surface area contributed by atoms with Gasteiger partial charge >= 0.3 is 6.16 Å². The molecule has 4 aliphatic rings. The number of allylic oxidation sites excluding steroid dienone is 1. The van der Waals surface area contributed by atoms with Gasteiger partial charge in [-0.1, -0.05) is 65.5 Å². The molecule has 4 unspecified atom stereocenters. The molecule has 3 fully saturated rings. The third-order valence-electron chi connectivity index (χ3n) is 11.0. The molecule has 0 heterocycles. The Hall–Kier alpha value is -1.03. The minimum absolute atomic E-state index is 0.0441. The topological polar surface area (TPSA) is 44.8 Å². The van der Waals surface area contributed by atoms with E-state index >= 15 is 0 Å². The number of carbonyl (C=O) groups is 1. The van der Waals surface area contributed by atoms with E-state index in [1.54, 1.807) is 12.7 Å². The Bertz CT molecular complexity index is 759. The average molecular weight is 489 g/mol. The van der Waals surface area contributed by atoms with Crippen molar-refractivity contribution in [3.05, 3.63) is 11.6 Å². The number of carbonyl (C=O) groups excluding carboxylic acids is 1. The second kappa shape index (κ2) is 11.2. The molecule has 3 saturated carbocycles. The first-order valence-corrected chi connectivity index (χ1v) is 14.7. The van der Waals surface area contributed by atoms with Gasteiger partial charge in [-0.15, -0.1) is 0 Å². The van der Waals surface area contributed by atoms with Gasteiger partial charge in [-0.3, -0.25) is 0 Å². The van der Waals surface area contributed by atoms with E-state index in [1.807, 2.05) is 0 Å². The lowest BCUT2D eigenvalue weighted by Crippen LogP contribution is -2.51. The Balaban J connectivity index is 1.39. The number of ether oxygens (including phenoxy) is 3. The van der Waals surface area contributed by atoms with Crippen LogP contribution in [0, 0.1) is 46.3 Å². The number of hydrogen-bond donors (Lipinski definition) is 0. The molecule has 0 radical (unpaired) electrons. The van der Waals surface area contributed by atoms with Crippen molar-refractivity contribution >= 4 is 6.16 Å². The van der Waals surface area contributed by atoms with Crippen LogP contribution in [0.4, 0.5) is 4.79 Å². The van der Waals surface area contributed by atoms with E-state index in [9.17, 15) is 4.79 Å². The third kappa shape index (κ3) is 5.48. The first-order chi connectivity index (χ1) is 16.7. The standard InChI is InChI=1S/C31H52O4/c1-21(2)8-7-9-22(3)26-12-13-27-25-11-10-23-20-24(35-29(32)34-19-18-33-6)14-16-30(23,4)28(25)15-17-31(26,27)5/h10,21-22,24-28H,7-9,11-20H2,1-6H3/t22-,24?,25?,26-,27?,28?,30+,31-/m1/s1. The van der Waals surface area contributed by atoms with Gasteiger partial charge in [-0.2, -0.15) is 0 Å². The van der Waals surface area contributed by atoms with Crippen molar-refractivity contribution < 1.29 is 19.0 Å². The van der Waals surface area contributed by atoms with Gasteiger partial charge in [-0.25, -0.2) is 4.79 Å². The minimum atomic E-state index is -0.544. The predicted molar refractivity (Wildman–Crippen MR) is 141 cm³/mol. The van der Waals surface area contributed by atoms with Crippen LogP contribution in [-0.2, 0) is 14.2 Å². The largest absolute Gasteiger partial charge is 0.508 e. The van der Waals surface area contributed by atoms with Gasteiger partial charge in [0, 0.05) is 13.5 Å². The van der Waals surface area contributed by atoms with E-state index in [4.69, 9.17) is 14.2 Å². The van der Waals surface area contributed by atoms with Crippen molar-refractivity contribution in [2.75, 3.05) is 20.3 Å². The molecule has 0 aromatic heterocycles. The molecule has 4 aliphatic carbocycles. The van der Waals surface area contributed by atoms with E-state index in [0.29, 0.717) is 12.0 Å². The van der Waals surface area contributed by atoms with Crippen molar-refractivity contribution in [1.82, 2.24) is 0 Å². The number of fused-ring (bicyclic) bond motifs is 5. The molecule has 4 heteroatoms. The Morgan fingerprint density at radius 2 is 1.83 bits per heavy atom. The number of methoxy groups -OCH3 is 1. The highest BCUT2D eigenvalue weighted by atomic mass is 16.7. The lowest BCUT2D eigenvalue weighted by Gasteiger charge is -2.58. The molecule has 0 saturated heterocycles. The third-order valence-corrected chi connectivity index (χ3v) is 11.0. The van der Waals surface area contributed by atoms with E-state index in [2.05, 4.69) is 40.7 Å². The summed E-state index contributed by atoms with van der Waals surface area (Å²) in [6.07, 6.45) is 16.0. The Morgan fingerprint density at radius 3 is 2.57 bits per heavy atom. The summed E-state index contributed by atoms with van der Waals surface area (Å²) < 4.78 is 15.8. The molecule has 8 atom stereocenters. The number of hydrogen-bond acceptors (Lipinski definition) is 4. The summed E-state index contributed by atoms with van der Waals surface area (Å²) in [5.41, 5.74) is 2.37. The molecule has 4 rings (SSSR count). The first-order valence-electron chi connectivity index (χ1n) is 14.7. The zero-order chi connectivity index (χ0) is 25.2. The van der Waals surface area contributed by atoms with E-state index in [0.717, 1.165) is 54.8 Å². The van der Waals surface area contributed by atoms with E-state index in [1.165, 1.54) is 51.4 Å². The van der Waals surface area contributed by atoms with Crippen LogP contribution in [0.2, 0.25) is 0 Å². The van der Waals surface area contributed by atoms with Gasteiger partial charge < -0.3 is 14.2 Å². The minimum Gasteiger partial charge on any atom is -0.432 e. The fraction of sp³-hybridized carbons (Fsp3) is 0.903. The maximum absolute atomic E-state index is 12.1. The van der Waals surface area contributed by atoms with Gasteiger partial charge in [0.05, 0.1) is 6.61 Å². The van der Waals surface area contributed by atoms with Crippen molar-refractivity contribution in [2.24, 2.45) is 46.3 Å². The van der Waals surface area contributed by atoms with Crippen LogP contribution in [0.1, 0.15) is 105 Å². The SMILES string of the molecule is COCCOC(=O)OC1CC[C@@]2(C)C(=CCC3C2CC[C@@]2(C)C3CC[C@@H]2[C@H](C)CCCC(C)C)C1. The highest BCUT2D eigenvalue weighted by Crippen LogP contribution is 2.67. The molecule has 0 amide bonds. The lowest BCUT2D eigenvalue weighted by atomic mass is 9.47. The Kier molecular flexibility index (Phi) is 8.61. The zero-order valence-electron chi connectivity index (χ0n) is 23.4. The molecule has 200 valence electrons. The molecule has 0 spiro atoms. The molecule has 0 aliphatic heterocycles. The van der Waals surface area contributed by atoms with Gasteiger partial charge in [0.25, 0.3) is 0 Å². The monoisotopic (exact) mass is 488 g/mol. The summed E-state index contributed by atoms with van der Waals surface area (Å²) in [4.78, 5) is 12.1. The Morgan fingerprint density at radius 1 is 1.03 bits per heavy atom. The summed E-state index contributed by atoms with van der Waals surface area (Å²) in [7, 11) is 1.60. The maximum Gasteiger partial charge on any atom is 0.508 e. The lowest BCUT2D eigenvalue weighted by molar-refractivity contribution is -0.0622. The van der Waals surface area contributed by atoms with Crippen LogP contribution in [0.5, 0.6) is 0 Å². The summed E-state index contributed by atoms with van der Waals surface area (Å²) in [6, 6.07) is 0. The highest BCUT2D eigenvalue weighted by Gasteiger charge is 2.59. The van der Waals surface area contributed by atoms with Gasteiger partial charge in [0.1, 0.15) is 12.7 Å². The molecule has 0 aromatic rings. The first kappa shape index (κ1) is 27.0. The van der Waals surface area contributed by atoms with E-state index in [-0.39, 0.29) is 18.1 Å². The molecule has 35 heavy (non-hydrogen) atoms. The molecular formula is C31H52O4. The summed E-state index contributed by atoms with van der Waals surface area (Å²) in [5.74, 6) is 5.12. The fourth-order valence-electron chi connectivity index (χ4n) is 9.13. The van der Waals surface area contributed by atoms with Crippen molar-refractivity contribution in [1.29, 1.82) is 0 Å². The second-order valence-corrected chi connectivity index (χ2v) is 13.4. The second-order valence-electron chi connectivity index (χ2n) is 13.4. The van der Waals surface area contributed by atoms with Crippen LogP contribution >= 0.6 is 0 Å². The van der Waals surface area contributed by atoms with Crippen LogP contribution in [0.25, 0.3) is 0 Å². The summed E-state index contributed by atoms with van der Waals surface area (Å²) in [6.45, 7) is 13.1. The predicted octanol–water partition coefficient (Wildman–Crippen LogP) is 8.20. The maximum atomic E-state index is 12.1.